The van der Waals surface area contributed by atoms with Gasteiger partial charge in [-0.15, -0.1) is 0 Å². The highest BCUT2D eigenvalue weighted by atomic mass is 32.2. The third kappa shape index (κ3) is 3.53. The van der Waals surface area contributed by atoms with Crippen molar-refractivity contribution in [3.8, 4) is 0 Å². The second kappa shape index (κ2) is 7.60. The summed E-state index contributed by atoms with van der Waals surface area (Å²) in [5.41, 5.74) is 1.11. The third-order valence-corrected chi connectivity index (χ3v) is 7.50. The summed E-state index contributed by atoms with van der Waals surface area (Å²) < 4.78 is 27.3. The van der Waals surface area contributed by atoms with E-state index in [0.29, 0.717) is 23.4 Å². The van der Waals surface area contributed by atoms with Crippen molar-refractivity contribution in [2.45, 2.75) is 43.5 Å². The first-order valence-electron chi connectivity index (χ1n) is 9.50. The molecule has 0 unspecified atom stereocenters. The number of rotatable bonds is 5. The molecule has 4 rings (SSSR count). The largest absolute Gasteiger partial charge is 0.292 e. The van der Waals surface area contributed by atoms with Gasteiger partial charge in [0.05, 0.1) is 17.2 Å². The van der Waals surface area contributed by atoms with Crippen molar-refractivity contribution in [1.82, 2.24) is 14.3 Å². The average molecular weight is 416 g/mol. The van der Waals surface area contributed by atoms with Crippen LogP contribution in [0, 0.1) is 16.0 Å². The van der Waals surface area contributed by atoms with Crippen molar-refractivity contribution < 1.29 is 18.1 Å². The van der Waals surface area contributed by atoms with E-state index in [4.69, 9.17) is 0 Å². The molecule has 1 aliphatic carbocycles. The summed E-state index contributed by atoms with van der Waals surface area (Å²) >= 11 is 0. The number of hydrogen-bond donors (Lipinski definition) is 0. The molecule has 9 nitrogen and oxygen atoms in total. The van der Waals surface area contributed by atoms with Gasteiger partial charge in [-0.3, -0.25) is 14.9 Å². The van der Waals surface area contributed by atoms with Crippen molar-refractivity contribution >= 4 is 21.5 Å². The first-order valence-corrected chi connectivity index (χ1v) is 10.9. The van der Waals surface area contributed by atoms with Crippen molar-refractivity contribution in [2.75, 3.05) is 6.54 Å². The van der Waals surface area contributed by atoms with E-state index < -0.39 is 20.6 Å². The molecule has 1 fully saturated rings. The Kier molecular flexibility index (Phi) is 5.13. The molecule has 0 radical (unpaired) electrons. The molecule has 0 N–H and O–H groups in total. The molecule has 0 spiro atoms. The van der Waals surface area contributed by atoms with Gasteiger partial charge in [0.2, 0.25) is 10.0 Å². The van der Waals surface area contributed by atoms with E-state index in [1.165, 1.54) is 34.9 Å². The lowest BCUT2D eigenvalue weighted by Crippen LogP contribution is -2.37. The molecule has 152 valence electrons. The normalized spacial score (nSPS) is 17.8. The van der Waals surface area contributed by atoms with Gasteiger partial charge in [0.15, 0.2) is 10.7 Å². The minimum atomic E-state index is -4.08. The second-order valence-corrected chi connectivity index (χ2v) is 9.21. The minimum absolute atomic E-state index is 0.0103. The molecule has 10 heteroatoms. The summed E-state index contributed by atoms with van der Waals surface area (Å²) in [5, 5.41) is 11.3. The Morgan fingerprint density at radius 2 is 1.90 bits per heavy atom. The number of carbonyl (C=O) groups excluding carboxylic acids is 1. The first kappa shape index (κ1) is 19.6. The summed E-state index contributed by atoms with van der Waals surface area (Å²) in [4.78, 5) is 31.5. The van der Waals surface area contributed by atoms with Gasteiger partial charge >= 0.3 is 0 Å². The number of para-hydroxylation sites is 1. The van der Waals surface area contributed by atoms with Crippen LogP contribution in [0.3, 0.4) is 0 Å². The zero-order valence-corrected chi connectivity index (χ0v) is 16.5. The van der Waals surface area contributed by atoms with Crippen molar-refractivity contribution in [2.24, 2.45) is 5.92 Å². The smallest absolute Gasteiger partial charge is 0.289 e. The number of fused-ring (bicyclic) bond motifs is 1. The number of carbonyl (C=O) groups is 1. The molecular formula is C19H20N4O5S. The van der Waals surface area contributed by atoms with E-state index in [2.05, 4.69) is 9.97 Å². The predicted molar refractivity (Wildman–Crippen MR) is 103 cm³/mol. The standard InChI is InChI=1S/C19H20N4O5S/c24-19(13-5-1-2-6-13)18-14-9-10-22(11-15(14)20-12-21-18)29(27,28)17-8-4-3-7-16(17)23(25)26/h3-4,7-8,12-13H,1-2,5-6,9-11H2. The Balaban J connectivity index is 1.65. The van der Waals surface area contributed by atoms with Gasteiger partial charge in [-0.25, -0.2) is 18.4 Å². The highest BCUT2D eigenvalue weighted by Gasteiger charge is 2.36. The number of nitro benzene ring substituents is 1. The third-order valence-electron chi connectivity index (χ3n) is 5.61. The van der Waals surface area contributed by atoms with Gasteiger partial charge in [0.25, 0.3) is 5.69 Å². The molecule has 0 saturated heterocycles. The minimum Gasteiger partial charge on any atom is -0.292 e. The Labute approximate surface area is 168 Å². The van der Waals surface area contributed by atoms with Gasteiger partial charge in [-0.05, 0) is 25.3 Å². The first-order chi connectivity index (χ1) is 13.9. The van der Waals surface area contributed by atoms with E-state index in [1.54, 1.807) is 0 Å². The fourth-order valence-electron chi connectivity index (χ4n) is 4.09. The van der Waals surface area contributed by atoms with Gasteiger partial charge < -0.3 is 0 Å². The highest BCUT2D eigenvalue weighted by Crippen LogP contribution is 2.32. The molecular weight excluding hydrogens is 396 g/mol. The topological polar surface area (TPSA) is 123 Å². The molecule has 1 aromatic heterocycles. The lowest BCUT2D eigenvalue weighted by molar-refractivity contribution is -0.387. The molecule has 29 heavy (non-hydrogen) atoms. The molecule has 0 bridgehead atoms. The molecule has 1 saturated carbocycles. The van der Waals surface area contributed by atoms with Gasteiger partial charge in [-0.1, -0.05) is 25.0 Å². The Bertz CT molecular complexity index is 1080. The zero-order chi connectivity index (χ0) is 20.6. The number of Topliss-reactive ketones (excluding diaryl/α,β-unsaturated/α-hetero) is 1. The number of hydrogen-bond acceptors (Lipinski definition) is 7. The zero-order valence-electron chi connectivity index (χ0n) is 15.7. The lowest BCUT2D eigenvalue weighted by atomic mass is 9.94. The Hall–Kier alpha value is -2.72. The van der Waals surface area contributed by atoms with Crippen LogP contribution in [0.15, 0.2) is 35.5 Å². The van der Waals surface area contributed by atoms with Crippen LogP contribution in [0.2, 0.25) is 0 Å². The maximum Gasteiger partial charge on any atom is 0.289 e. The van der Waals surface area contributed by atoms with Crippen molar-refractivity contribution in [3.05, 3.63) is 57.7 Å². The van der Waals surface area contributed by atoms with E-state index >= 15 is 0 Å². The SMILES string of the molecule is O=C(c1ncnc2c1CCN(S(=O)(=O)c1ccccc1[N+](=O)[O-])C2)C1CCCC1. The molecule has 0 amide bonds. The van der Waals surface area contributed by atoms with Gasteiger partial charge in [0.1, 0.15) is 12.0 Å². The van der Waals surface area contributed by atoms with Crippen LogP contribution in [-0.2, 0) is 23.0 Å². The number of sulfonamides is 1. The summed E-state index contributed by atoms with van der Waals surface area (Å²) in [6, 6.07) is 5.29. The van der Waals surface area contributed by atoms with Crippen LogP contribution in [0.4, 0.5) is 5.69 Å². The number of nitro groups is 1. The molecule has 2 heterocycles. The maximum atomic E-state index is 13.1. The van der Waals surface area contributed by atoms with E-state index in [1.807, 2.05) is 0 Å². The highest BCUT2D eigenvalue weighted by molar-refractivity contribution is 7.89. The molecule has 1 aromatic carbocycles. The lowest BCUT2D eigenvalue weighted by Gasteiger charge is -2.28. The summed E-state index contributed by atoms with van der Waals surface area (Å²) in [5.74, 6) is -0.0149. The van der Waals surface area contributed by atoms with Crippen LogP contribution in [0.25, 0.3) is 0 Å². The quantitative estimate of drug-likeness (QED) is 0.417. The number of benzene rings is 1. The van der Waals surface area contributed by atoms with Crippen LogP contribution in [0.5, 0.6) is 0 Å². The van der Waals surface area contributed by atoms with Crippen LogP contribution >= 0.6 is 0 Å². The predicted octanol–water partition coefficient (Wildman–Crippen LogP) is 2.50. The summed E-state index contributed by atoms with van der Waals surface area (Å²) in [7, 11) is -4.08. The summed E-state index contributed by atoms with van der Waals surface area (Å²) in [6.45, 7) is 0.0664. The summed E-state index contributed by atoms with van der Waals surface area (Å²) in [6.07, 6.45) is 5.37. The number of aromatic nitrogens is 2. The van der Waals surface area contributed by atoms with Crippen molar-refractivity contribution in [1.29, 1.82) is 0 Å². The van der Waals surface area contributed by atoms with E-state index in [0.717, 1.165) is 25.7 Å². The number of ketones is 1. The monoisotopic (exact) mass is 416 g/mol. The van der Waals surface area contributed by atoms with Crippen molar-refractivity contribution in [3.63, 3.8) is 0 Å². The molecule has 2 aromatic rings. The van der Waals surface area contributed by atoms with Crippen LogP contribution in [0.1, 0.15) is 47.4 Å². The average Bonchev–Trinajstić information content (AvgIpc) is 3.27. The fourth-order valence-corrected chi connectivity index (χ4v) is 5.65. The van der Waals surface area contributed by atoms with E-state index in [9.17, 15) is 23.3 Å². The van der Waals surface area contributed by atoms with Crippen LogP contribution < -0.4 is 0 Å². The van der Waals surface area contributed by atoms with E-state index in [-0.39, 0.29) is 29.7 Å². The molecule has 1 aliphatic heterocycles. The van der Waals surface area contributed by atoms with Gasteiger partial charge in [0, 0.05) is 24.1 Å². The Morgan fingerprint density at radius 1 is 1.17 bits per heavy atom. The maximum absolute atomic E-state index is 13.1. The van der Waals surface area contributed by atoms with Crippen LogP contribution in [-0.4, -0.2) is 39.9 Å². The Morgan fingerprint density at radius 3 is 2.62 bits per heavy atom. The number of nitrogens with zero attached hydrogens (tertiary/aromatic N) is 4. The second-order valence-electron chi connectivity index (χ2n) is 7.31. The fraction of sp³-hybridized carbons (Fsp3) is 0.421. The molecule has 0 atom stereocenters. The molecule has 2 aliphatic rings. The van der Waals surface area contributed by atoms with Gasteiger partial charge in [-0.2, -0.15) is 4.31 Å².